The van der Waals surface area contributed by atoms with Crippen molar-refractivity contribution in [3.63, 3.8) is 0 Å². The predicted octanol–water partition coefficient (Wildman–Crippen LogP) is 3.23. The van der Waals surface area contributed by atoms with Crippen LogP contribution in [0.3, 0.4) is 0 Å². The Balaban J connectivity index is 1.92. The predicted molar refractivity (Wildman–Crippen MR) is 102 cm³/mol. The Kier molecular flexibility index (Phi) is 5.11. The highest BCUT2D eigenvalue weighted by atomic mass is 16.2. The molecule has 1 aliphatic heterocycles. The Morgan fingerprint density at radius 3 is 2.62 bits per heavy atom. The largest absolute Gasteiger partial charge is 0.347 e. The fourth-order valence-corrected chi connectivity index (χ4v) is 3.36. The van der Waals surface area contributed by atoms with Gasteiger partial charge in [-0.25, -0.2) is 4.98 Å². The fraction of sp³-hybridized carbons (Fsp3) is 0.450. The van der Waals surface area contributed by atoms with E-state index in [4.69, 9.17) is 0 Å². The number of carbonyl (C=O) groups is 2. The number of nitrogens with one attached hydrogen (secondary N) is 2. The zero-order valence-corrected chi connectivity index (χ0v) is 15.8. The minimum absolute atomic E-state index is 0.0199. The van der Waals surface area contributed by atoms with Crippen molar-refractivity contribution in [2.75, 3.05) is 5.32 Å². The second-order valence-corrected chi connectivity index (χ2v) is 7.24. The Bertz CT molecular complexity index is 852. The molecule has 0 saturated heterocycles. The van der Waals surface area contributed by atoms with Crippen molar-refractivity contribution >= 4 is 17.5 Å². The van der Waals surface area contributed by atoms with Gasteiger partial charge in [0.1, 0.15) is 0 Å². The number of fused-ring (bicyclic) bond motifs is 1. The van der Waals surface area contributed by atoms with E-state index < -0.39 is 0 Å². The molecular formula is C20H26N4O2. The summed E-state index contributed by atoms with van der Waals surface area (Å²) < 4.78 is 1.90. The Hall–Kier alpha value is -2.63. The van der Waals surface area contributed by atoms with E-state index in [2.05, 4.69) is 15.6 Å². The van der Waals surface area contributed by atoms with Gasteiger partial charge in [0, 0.05) is 18.3 Å². The van der Waals surface area contributed by atoms with Crippen LogP contribution in [0, 0.1) is 13.8 Å². The maximum absolute atomic E-state index is 12.9. The van der Waals surface area contributed by atoms with Crippen LogP contribution >= 0.6 is 0 Å². The van der Waals surface area contributed by atoms with Gasteiger partial charge in [0.2, 0.25) is 0 Å². The van der Waals surface area contributed by atoms with Gasteiger partial charge in [-0.2, -0.15) is 0 Å². The van der Waals surface area contributed by atoms with E-state index in [1.54, 1.807) is 0 Å². The van der Waals surface area contributed by atoms with Gasteiger partial charge in [-0.3, -0.25) is 9.59 Å². The molecule has 2 N–H and O–H groups in total. The number of imidazole rings is 1. The quantitative estimate of drug-likeness (QED) is 0.885. The standard InChI is InChI=1S/C20H26N4O2/c1-12(2)21-20(26)18-23-17(16-7-5-6-10-24(16)18)19(25)22-15-9-8-13(3)11-14(15)4/h8-9,11-12H,5-7,10H2,1-4H3,(H,21,26)(H,22,25). The molecule has 26 heavy (non-hydrogen) atoms. The third-order valence-electron chi connectivity index (χ3n) is 4.59. The molecule has 0 fully saturated rings. The van der Waals surface area contributed by atoms with Gasteiger partial charge in [0.15, 0.2) is 11.5 Å². The molecule has 3 rings (SSSR count). The minimum atomic E-state index is -0.258. The highest BCUT2D eigenvalue weighted by Gasteiger charge is 2.27. The Labute approximate surface area is 154 Å². The van der Waals surface area contributed by atoms with Crippen LogP contribution in [0.25, 0.3) is 0 Å². The molecule has 6 nitrogen and oxygen atoms in total. The number of hydrogen-bond donors (Lipinski definition) is 2. The molecule has 6 heteroatoms. The van der Waals surface area contributed by atoms with Crippen molar-refractivity contribution in [1.82, 2.24) is 14.9 Å². The number of rotatable bonds is 4. The zero-order valence-electron chi connectivity index (χ0n) is 15.8. The van der Waals surface area contributed by atoms with Crippen molar-refractivity contribution in [3.8, 4) is 0 Å². The lowest BCUT2D eigenvalue weighted by Gasteiger charge is -2.17. The molecule has 0 atom stereocenters. The van der Waals surface area contributed by atoms with Gasteiger partial charge in [-0.1, -0.05) is 17.7 Å². The molecule has 138 valence electrons. The number of carbonyl (C=O) groups excluding carboxylic acids is 2. The molecule has 0 radical (unpaired) electrons. The molecule has 2 heterocycles. The third-order valence-corrected chi connectivity index (χ3v) is 4.59. The molecular weight excluding hydrogens is 328 g/mol. The Morgan fingerprint density at radius 1 is 1.15 bits per heavy atom. The fourth-order valence-electron chi connectivity index (χ4n) is 3.36. The van der Waals surface area contributed by atoms with E-state index in [1.165, 1.54) is 0 Å². The summed E-state index contributed by atoms with van der Waals surface area (Å²) in [7, 11) is 0. The van der Waals surface area contributed by atoms with Gasteiger partial charge in [-0.15, -0.1) is 0 Å². The summed E-state index contributed by atoms with van der Waals surface area (Å²) in [4.78, 5) is 29.8. The summed E-state index contributed by atoms with van der Waals surface area (Å²) in [5.41, 5.74) is 4.13. The van der Waals surface area contributed by atoms with Crippen molar-refractivity contribution in [1.29, 1.82) is 0 Å². The van der Waals surface area contributed by atoms with E-state index in [1.807, 2.05) is 50.5 Å². The summed E-state index contributed by atoms with van der Waals surface area (Å²) >= 11 is 0. The number of anilines is 1. The van der Waals surface area contributed by atoms with Crippen LogP contribution in [0.4, 0.5) is 5.69 Å². The maximum Gasteiger partial charge on any atom is 0.287 e. The van der Waals surface area contributed by atoms with Crippen LogP contribution in [0.2, 0.25) is 0 Å². The number of aryl methyl sites for hydroxylation is 2. The average Bonchev–Trinajstić information content (AvgIpc) is 2.96. The first-order valence-corrected chi connectivity index (χ1v) is 9.15. The summed E-state index contributed by atoms with van der Waals surface area (Å²) in [6, 6.07) is 5.91. The zero-order chi connectivity index (χ0) is 18.8. The molecule has 0 unspecified atom stereocenters. The van der Waals surface area contributed by atoms with E-state index >= 15 is 0 Å². The van der Waals surface area contributed by atoms with E-state index in [9.17, 15) is 9.59 Å². The topological polar surface area (TPSA) is 76.0 Å². The average molecular weight is 354 g/mol. The summed E-state index contributed by atoms with van der Waals surface area (Å²) in [6.45, 7) is 8.52. The number of benzene rings is 1. The molecule has 0 spiro atoms. The first kappa shape index (κ1) is 18.2. The molecule has 2 aromatic rings. The first-order valence-electron chi connectivity index (χ1n) is 9.15. The minimum Gasteiger partial charge on any atom is -0.347 e. The van der Waals surface area contributed by atoms with Gasteiger partial charge < -0.3 is 15.2 Å². The van der Waals surface area contributed by atoms with Crippen molar-refractivity contribution in [2.24, 2.45) is 0 Å². The Morgan fingerprint density at radius 2 is 1.92 bits per heavy atom. The second kappa shape index (κ2) is 7.32. The lowest BCUT2D eigenvalue weighted by molar-refractivity contribution is 0.0927. The van der Waals surface area contributed by atoms with Crippen LogP contribution in [0.5, 0.6) is 0 Å². The number of aromatic nitrogens is 2. The highest BCUT2D eigenvalue weighted by molar-refractivity contribution is 6.05. The SMILES string of the molecule is Cc1ccc(NC(=O)c2nc(C(=O)NC(C)C)n3c2CCCC3)c(C)c1. The highest BCUT2D eigenvalue weighted by Crippen LogP contribution is 2.23. The van der Waals surface area contributed by atoms with Crippen molar-refractivity contribution in [3.05, 3.63) is 46.5 Å². The number of amides is 2. The van der Waals surface area contributed by atoms with Gasteiger partial charge in [0.25, 0.3) is 11.8 Å². The van der Waals surface area contributed by atoms with E-state index in [0.717, 1.165) is 48.3 Å². The van der Waals surface area contributed by atoms with Crippen LogP contribution in [-0.2, 0) is 13.0 Å². The summed E-state index contributed by atoms with van der Waals surface area (Å²) in [5.74, 6) is -0.154. The third kappa shape index (κ3) is 3.64. The monoisotopic (exact) mass is 354 g/mol. The van der Waals surface area contributed by atoms with Crippen LogP contribution < -0.4 is 10.6 Å². The molecule has 1 aromatic carbocycles. The lowest BCUT2D eigenvalue weighted by Crippen LogP contribution is -2.33. The van der Waals surface area contributed by atoms with Crippen LogP contribution in [0.15, 0.2) is 18.2 Å². The molecule has 0 saturated carbocycles. The molecule has 1 aromatic heterocycles. The smallest absolute Gasteiger partial charge is 0.287 e. The van der Waals surface area contributed by atoms with Crippen LogP contribution in [0.1, 0.15) is 64.6 Å². The second-order valence-electron chi connectivity index (χ2n) is 7.24. The van der Waals surface area contributed by atoms with Gasteiger partial charge in [0.05, 0.1) is 5.69 Å². The maximum atomic E-state index is 12.9. The van der Waals surface area contributed by atoms with E-state index in [0.29, 0.717) is 11.5 Å². The van der Waals surface area contributed by atoms with Crippen LogP contribution in [-0.4, -0.2) is 27.4 Å². The normalized spacial score (nSPS) is 13.4. The van der Waals surface area contributed by atoms with Crippen molar-refractivity contribution < 1.29 is 9.59 Å². The summed E-state index contributed by atoms with van der Waals surface area (Å²) in [6.07, 6.45) is 2.75. The number of nitrogens with zero attached hydrogens (tertiary/aromatic N) is 2. The first-order chi connectivity index (χ1) is 12.4. The number of hydrogen-bond acceptors (Lipinski definition) is 3. The molecule has 1 aliphatic rings. The molecule has 0 aliphatic carbocycles. The van der Waals surface area contributed by atoms with Crippen molar-refractivity contribution in [2.45, 2.75) is 59.5 Å². The lowest BCUT2D eigenvalue weighted by atomic mass is 10.1. The summed E-state index contributed by atoms with van der Waals surface area (Å²) in [5, 5.41) is 5.82. The molecule has 0 bridgehead atoms. The molecule has 2 amide bonds. The van der Waals surface area contributed by atoms with Gasteiger partial charge >= 0.3 is 0 Å². The van der Waals surface area contributed by atoms with E-state index in [-0.39, 0.29) is 17.9 Å². The van der Waals surface area contributed by atoms with Gasteiger partial charge in [-0.05, 0) is 58.6 Å².